The first kappa shape index (κ1) is 19.4. The fourth-order valence-corrected chi connectivity index (χ4v) is 6.58. The summed E-state index contributed by atoms with van der Waals surface area (Å²) in [6, 6.07) is 3.95. The van der Waals surface area contributed by atoms with Gasteiger partial charge in [0.05, 0.1) is 27.8 Å². The molecular weight excluding hydrogens is 354 g/mol. The van der Waals surface area contributed by atoms with Crippen molar-refractivity contribution in [3.8, 4) is 17.2 Å². The molecule has 28 heavy (non-hydrogen) atoms. The molecule has 4 saturated carbocycles. The number of nitrogens with one attached hydrogen (secondary N) is 1. The molecule has 5 nitrogen and oxygen atoms in total. The maximum absolute atomic E-state index is 12.8. The van der Waals surface area contributed by atoms with Gasteiger partial charge in [0, 0.05) is 6.04 Å². The molecule has 4 bridgehead atoms. The Kier molecular flexibility index (Phi) is 5.19. The van der Waals surface area contributed by atoms with Crippen molar-refractivity contribution in [2.24, 2.45) is 23.2 Å². The van der Waals surface area contributed by atoms with Gasteiger partial charge in [-0.3, -0.25) is 4.79 Å². The fraction of sp³-hybridized carbons (Fsp3) is 0.696. The van der Waals surface area contributed by atoms with Crippen LogP contribution in [0.5, 0.6) is 17.2 Å². The summed E-state index contributed by atoms with van der Waals surface area (Å²) in [6.07, 6.45) is 8.47. The van der Waals surface area contributed by atoms with Gasteiger partial charge in [-0.15, -0.1) is 0 Å². The highest BCUT2D eigenvalue weighted by Crippen LogP contribution is 2.61. The normalized spacial score (nSPS) is 31.4. The smallest absolute Gasteiger partial charge is 0.224 e. The van der Waals surface area contributed by atoms with Crippen molar-refractivity contribution in [2.45, 2.75) is 57.9 Å². The van der Waals surface area contributed by atoms with Crippen LogP contribution in [0.4, 0.5) is 0 Å². The molecule has 0 aliphatic heterocycles. The highest BCUT2D eigenvalue weighted by molar-refractivity contribution is 5.79. The Labute approximate surface area is 168 Å². The minimum Gasteiger partial charge on any atom is -0.493 e. The lowest BCUT2D eigenvalue weighted by molar-refractivity contribution is -0.125. The van der Waals surface area contributed by atoms with E-state index in [0.29, 0.717) is 29.1 Å². The zero-order valence-corrected chi connectivity index (χ0v) is 17.5. The van der Waals surface area contributed by atoms with Gasteiger partial charge in [0.15, 0.2) is 11.5 Å². The molecule has 5 rings (SSSR count). The number of hydrogen-bond donors (Lipinski definition) is 1. The standard InChI is InChI=1S/C23H33NO4/c1-14(23-11-16-5-17(12-23)7-18(6-16)13-23)24-21(25)10-15-8-19(26-2)22(28-4)20(9-15)27-3/h8-9,14,16-18H,5-7,10-13H2,1-4H3,(H,24,25)/t14-,16?,17?,18?,23?/m0/s1. The summed E-state index contributed by atoms with van der Waals surface area (Å²) in [5, 5.41) is 3.34. The molecule has 4 fully saturated rings. The molecule has 1 amide bonds. The molecule has 0 spiro atoms. The quantitative estimate of drug-likeness (QED) is 0.769. The second-order valence-corrected chi connectivity index (χ2v) is 9.28. The Bertz CT molecular complexity index is 684. The molecule has 1 aromatic rings. The minimum atomic E-state index is 0.0671. The first-order valence-corrected chi connectivity index (χ1v) is 10.5. The Morgan fingerprint density at radius 2 is 1.50 bits per heavy atom. The molecule has 154 valence electrons. The summed E-state index contributed by atoms with van der Waals surface area (Å²) in [7, 11) is 4.77. The van der Waals surface area contributed by atoms with Crippen LogP contribution in [0.2, 0.25) is 0 Å². The predicted octanol–water partition coefficient (Wildman–Crippen LogP) is 3.98. The number of rotatable bonds is 7. The number of carbonyl (C=O) groups is 1. The number of amides is 1. The first-order chi connectivity index (χ1) is 13.5. The zero-order chi connectivity index (χ0) is 19.9. The van der Waals surface area contributed by atoms with Crippen LogP contribution in [0.15, 0.2) is 12.1 Å². The molecule has 0 radical (unpaired) electrons. The third-order valence-electron chi connectivity index (χ3n) is 7.47. The van der Waals surface area contributed by atoms with Crippen LogP contribution < -0.4 is 19.5 Å². The van der Waals surface area contributed by atoms with E-state index in [-0.39, 0.29) is 11.9 Å². The summed E-state index contributed by atoms with van der Waals surface area (Å²) in [4.78, 5) is 12.8. The lowest BCUT2D eigenvalue weighted by Gasteiger charge is -2.59. The number of hydrogen-bond acceptors (Lipinski definition) is 4. The predicted molar refractivity (Wildman–Crippen MR) is 108 cm³/mol. The van der Waals surface area contributed by atoms with Crippen molar-refractivity contribution in [1.29, 1.82) is 0 Å². The molecule has 0 heterocycles. The molecule has 1 atom stereocenters. The summed E-state index contributed by atoms with van der Waals surface area (Å²) in [6.45, 7) is 2.22. The number of ether oxygens (including phenoxy) is 3. The average molecular weight is 388 g/mol. The second kappa shape index (κ2) is 7.49. The van der Waals surface area contributed by atoms with Crippen LogP contribution in [0, 0.1) is 23.2 Å². The Balaban J connectivity index is 1.45. The summed E-state index contributed by atoms with van der Waals surface area (Å²) in [5.41, 5.74) is 1.18. The van der Waals surface area contributed by atoms with Crippen LogP contribution in [0.3, 0.4) is 0 Å². The summed E-state index contributed by atoms with van der Waals surface area (Å²) in [5.74, 6) is 4.45. The van der Waals surface area contributed by atoms with Crippen LogP contribution in [0.25, 0.3) is 0 Å². The third kappa shape index (κ3) is 3.44. The van der Waals surface area contributed by atoms with E-state index in [1.54, 1.807) is 21.3 Å². The first-order valence-electron chi connectivity index (χ1n) is 10.5. The van der Waals surface area contributed by atoms with Crippen molar-refractivity contribution in [2.75, 3.05) is 21.3 Å². The van der Waals surface area contributed by atoms with Gasteiger partial charge in [-0.05, 0) is 86.3 Å². The van der Waals surface area contributed by atoms with Gasteiger partial charge in [0.25, 0.3) is 0 Å². The van der Waals surface area contributed by atoms with Gasteiger partial charge >= 0.3 is 0 Å². The van der Waals surface area contributed by atoms with E-state index >= 15 is 0 Å². The van der Waals surface area contributed by atoms with E-state index in [2.05, 4.69) is 12.2 Å². The van der Waals surface area contributed by atoms with Crippen LogP contribution in [-0.4, -0.2) is 33.3 Å². The van der Waals surface area contributed by atoms with Gasteiger partial charge in [-0.25, -0.2) is 0 Å². The molecule has 5 heteroatoms. The minimum absolute atomic E-state index is 0.0671. The van der Waals surface area contributed by atoms with E-state index in [9.17, 15) is 4.79 Å². The van der Waals surface area contributed by atoms with Gasteiger partial charge < -0.3 is 19.5 Å². The van der Waals surface area contributed by atoms with Gasteiger partial charge in [0.2, 0.25) is 11.7 Å². The lowest BCUT2D eigenvalue weighted by atomic mass is 9.48. The van der Waals surface area contributed by atoms with Crippen molar-refractivity contribution in [3.63, 3.8) is 0 Å². The van der Waals surface area contributed by atoms with Gasteiger partial charge in [-0.1, -0.05) is 0 Å². The van der Waals surface area contributed by atoms with Crippen LogP contribution in [0.1, 0.15) is 51.0 Å². The van der Waals surface area contributed by atoms with Crippen LogP contribution >= 0.6 is 0 Å². The van der Waals surface area contributed by atoms with E-state index in [0.717, 1.165) is 23.3 Å². The molecule has 1 N–H and O–H groups in total. The topological polar surface area (TPSA) is 56.8 Å². The summed E-state index contributed by atoms with van der Waals surface area (Å²) >= 11 is 0. The maximum Gasteiger partial charge on any atom is 0.224 e. The van der Waals surface area contributed by atoms with Crippen molar-refractivity contribution in [1.82, 2.24) is 5.32 Å². The van der Waals surface area contributed by atoms with Gasteiger partial charge in [-0.2, -0.15) is 0 Å². The van der Waals surface area contributed by atoms with E-state index in [1.807, 2.05) is 12.1 Å². The molecule has 1 aromatic carbocycles. The van der Waals surface area contributed by atoms with E-state index < -0.39 is 0 Å². The maximum atomic E-state index is 12.8. The molecule has 4 aliphatic rings. The highest BCUT2D eigenvalue weighted by Gasteiger charge is 2.53. The monoisotopic (exact) mass is 387 g/mol. The highest BCUT2D eigenvalue weighted by atomic mass is 16.5. The van der Waals surface area contributed by atoms with Crippen molar-refractivity contribution in [3.05, 3.63) is 17.7 Å². The number of benzene rings is 1. The fourth-order valence-electron chi connectivity index (χ4n) is 6.58. The van der Waals surface area contributed by atoms with Crippen LogP contribution in [-0.2, 0) is 11.2 Å². The molecular formula is C23H33NO4. The Hall–Kier alpha value is -1.91. The largest absolute Gasteiger partial charge is 0.493 e. The van der Waals surface area contributed by atoms with Crippen molar-refractivity contribution < 1.29 is 19.0 Å². The molecule has 0 unspecified atom stereocenters. The average Bonchev–Trinajstić information content (AvgIpc) is 2.65. The summed E-state index contributed by atoms with van der Waals surface area (Å²) < 4.78 is 16.2. The number of carbonyl (C=O) groups excluding carboxylic acids is 1. The SMILES string of the molecule is COc1cc(CC(=O)N[C@@H](C)C23CC4CC(CC(C4)C2)C3)cc(OC)c1OC. The van der Waals surface area contributed by atoms with E-state index in [1.165, 1.54) is 38.5 Å². The second-order valence-electron chi connectivity index (χ2n) is 9.28. The van der Waals surface area contributed by atoms with Crippen molar-refractivity contribution >= 4 is 5.91 Å². The van der Waals surface area contributed by atoms with E-state index in [4.69, 9.17) is 14.2 Å². The lowest BCUT2D eigenvalue weighted by Crippen LogP contribution is -2.56. The third-order valence-corrected chi connectivity index (χ3v) is 7.47. The molecule has 4 aliphatic carbocycles. The molecule has 0 saturated heterocycles. The number of methoxy groups -OCH3 is 3. The molecule has 0 aromatic heterocycles. The van der Waals surface area contributed by atoms with Gasteiger partial charge in [0.1, 0.15) is 0 Å². The Morgan fingerprint density at radius 1 is 1.00 bits per heavy atom. The Morgan fingerprint density at radius 3 is 1.93 bits per heavy atom. The zero-order valence-electron chi connectivity index (χ0n) is 17.5.